The van der Waals surface area contributed by atoms with E-state index in [4.69, 9.17) is 0 Å². The molecular formula is C17H24FN3O2. The van der Waals surface area contributed by atoms with Crippen molar-refractivity contribution in [3.05, 3.63) is 35.6 Å². The Labute approximate surface area is 136 Å². The van der Waals surface area contributed by atoms with Gasteiger partial charge in [-0.15, -0.1) is 0 Å². The lowest BCUT2D eigenvalue weighted by Gasteiger charge is -2.35. The Morgan fingerprint density at radius 2 is 1.78 bits per heavy atom. The summed E-state index contributed by atoms with van der Waals surface area (Å²) in [6.07, 6.45) is 1.61. The fraction of sp³-hybridized carbons (Fsp3) is 0.588. The number of nitrogens with one attached hydrogen (secondary N) is 1. The van der Waals surface area contributed by atoms with Crippen molar-refractivity contribution >= 4 is 5.91 Å². The van der Waals surface area contributed by atoms with Crippen LogP contribution in [0.1, 0.15) is 24.5 Å². The van der Waals surface area contributed by atoms with E-state index in [9.17, 15) is 14.3 Å². The Morgan fingerprint density at radius 1 is 1.17 bits per heavy atom. The molecule has 0 aromatic heterocycles. The molecule has 126 valence electrons. The van der Waals surface area contributed by atoms with E-state index < -0.39 is 6.10 Å². The molecule has 1 aliphatic carbocycles. The predicted octanol–water partition coefficient (Wildman–Crippen LogP) is 0.755. The van der Waals surface area contributed by atoms with Gasteiger partial charge in [0.1, 0.15) is 5.82 Å². The van der Waals surface area contributed by atoms with Crippen LogP contribution in [0.4, 0.5) is 4.39 Å². The summed E-state index contributed by atoms with van der Waals surface area (Å²) < 4.78 is 12.9. The molecule has 0 spiro atoms. The number of hydrogen-bond acceptors (Lipinski definition) is 4. The van der Waals surface area contributed by atoms with Crippen molar-refractivity contribution in [3.63, 3.8) is 0 Å². The molecule has 1 amide bonds. The number of β-amino-alcohol motifs (C(OH)–C–C–N with tert-alkyl or cyclic N) is 1. The summed E-state index contributed by atoms with van der Waals surface area (Å²) in [7, 11) is 0. The second-order valence-electron chi connectivity index (χ2n) is 6.49. The van der Waals surface area contributed by atoms with Crippen LogP contribution in [0.5, 0.6) is 0 Å². The molecule has 1 atom stereocenters. The molecule has 1 aromatic rings. The summed E-state index contributed by atoms with van der Waals surface area (Å²) in [6, 6.07) is 6.40. The molecule has 5 nitrogen and oxygen atoms in total. The first kappa shape index (κ1) is 16.4. The Morgan fingerprint density at radius 3 is 2.39 bits per heavy atom. The zero-order valence-electron chi connectivity index (χ0n) is 13.2. The largest absolute Gasteiger partial charge is 0.387 e. The van der Waals surface area contributed by atoms with E-state index in [0.29, 0.717) is 19.1 Å². The van der Waals surface area contributed by atoms with Crippen LogP contribution in [-0.4, -0.2) is 66.1 Å². The monoisotopic (exact) mass is 321 g/mol. The first-order valence-electron chi connectivity index (χ1n) is 8.28. The summed E-state index contributed by atoms with van der Waals surface area (Å²) in [5, 5.41) is 13.2. The maximum atomic E-state index is 12.9. The van der Waals surface area contributed by atoms with Crippen molar-refractivity contribution in [2.45, 2.75) is 25.0 Å². The maximum absolute atomic E-state index is 12.9. The minimum atomic E-state index is -0.611. The van der Waals surface area contributed by atoms with Crippen LogP contribution in [-0.2, 0) is 4.79 Å². The van der Waals surface area contributed by atoms with Gasteiger partial charge >= 0.3 is 0 Å². The first-order chi connectivity index (χ1) is 11.1. The number of carbonyl (C=O) groups excluding carboxylic acids is 1. The van der Waals surface area contributed by atoms with Gasteiger partial charge in [0, 0.05) is 38.8 Å². The van der Waals surface area contributed by atoms with E-state index in [0.717, 1.165) is 44.6 Å². The molecule has 2 fully saturated rings. The number of carbonyl (C=O) groups is 1. The number of amides is 1. The Bertz CT molecular complexity index is 525. The fourth-order valence-electron chi connectivity index (χ4n) is 2.87. The van der Waals surface area contributed by atoms with Crippen molar-refractivity contribution in [2.75, 3.05) is 39.3 Å². The van der Waals surface area contributed by atoms with Crippen LogP contribution < -0.4 is 5.32 Å². The van der Waals surface area contributed by atoms with Gasteiger partial charge in [-0.1, -0.05) is 12.1 Å². The van der Waals surface area contributed by atoms with Crippen molar-refractivity contribution < 1.29 is 14.3 Å². The molecule has 6 heteroatoms. The summed E-state index contributed by atoms with van der Waals surface area (Å²) in [5.74, 6) is -0.175. The standard InChI is InChI=1S/C17H24FN3O2/c18-14-3-1-13(2-4-14)16(22)11-20-7-9-21(10-8-20)12-17(23)19-15-5-6-15/h1-4,15-16,22H,5-12H2,(H,19,23)/t16-/m1/s1. The van der Waals surface area contributed by atoms with Crippen LogP contribution in [0.2, 0.25) is 0 Å². The maximum Gasteiger partial charge on any atom is 0.234 e. The third-order valence-corrected chi connectivity index (χ3v) is 4.46. The number of aliphatic hydroxyl groups is 1. The highest BCUT2D eigenvalue weighted by Gasteiger charge is 2.25. The van der Waals surface area contributed by atoms with Crippen LogP contribution in [0.25, 0.3) is 0 Å². The highest BCUT2D eigenvalue weighted by Crippen LogP contribution is 2.18. The molecule has 1 saturated carbocycles. The predicted molar refractivity (Wildman–Crippen MR) is 85.4 cm³/mol. The quantitative estimate of drug-likeness (QED) is 0.812. The lowest BCUT2D eigenvalue weighted by molar-refractivity contribution is -0.122. The Hall–Kier alpha value is -1.50. The topological polar surface area (TPSA) is 55.8 Å². The van der Waals surface area contributed by atoms with Gasteiger partial charge in [0.05, 0.1) is 12.6 Å². The smallest absolute Gasteiger partial charge is 0.234 e. The van der Waals surface area contributed by atoms with Crippen LogP contribution in [0, 0.1) is 5.82 Å². The second-order valence-corrected chi connectivity index (χ2v) is 6.49. The molecular weight excluding hydrogens is 297 g/mol. The van der Waals surface area contributed by atoms with Gasteiger partial charge in [0.15, 0.2) is 0 Å². The number of halogens is 1. The lowest BCUT2D eigenvalue weighted by Crippen LogP contribution is -2.50. The first-order valence-corrected chi connectivity index (χ1v) is 8.28. The number of aliphatic hydroxyl groups excluding tert-OH is 1. The van der Waals surface area contributed by atoms with Crippen LogP contribution in [0.15, 0.2) is 24.3 Å². The molecule has 23 heavy (non-hydrogen) atoms. The average molecular weight is 321 g/mol. The minimum Gasteiger partial charge on any atom is -0.387 e. The van der Waals surface area contributed by atoms with Crippen molar-refractivity contribution in [3.8, 4) is 0 Å². The van der Waals surface area contributed by atoms with Crippen molar-refractivity contribution in [1.29, 1.82) is 0 Å². The lowest BCUT2D eigenvalue weighted by atomic mass is 10.1. The molecule has 1 heterocycles. The molecule has 3 rings (SSSR count). The molecule has 0 bridgehead atoms. The molecule has 0 unspecified atom stereocenters. The normalized spacial score (nSPS) is 21.1. The molecule has 2 N–H and O–H groups in total. The molecule has 2 aliphatic rings. The fourth-order valence-corrected chi connectivity index (χ4v) is 2.87. The number of rotatable bonds is 6. The molecule has 1 aliphatic heterocycles. The van der Waals surface area contributed by atoms with Crippen molar-refractivity contribution in [2.24, 2.45) is 0 Å². The zero-order chi connectivity index (χ0) is 16.2. The second kappa shape index (κ2) is 7.38. The SMILES string of the molecule is O=C(CN1CCN(C[C@@H](O)c2ccc(F)cc2)CC1)NC1CC1. The minimum absolute atomic E-state index is 0.118. The highest BCUT2D eigenvalue weighted by atomic mass is 19.1. The number of hydrogen-bond donors (Lipinski definition) is 2. The van der Waals surface area contributed by atoms with E-state index in [2.05, 4.69) is 15.1 Å². The van der Waals surface area contributed by atoms with Gasteiger partial charge in [-0.2, -0.15) is 0 Å². The van der Waals surface area contributed by atoms with E-state index >= 15 is 0 Å². The summed E-state index contributed by atoms with van der Waals surface area (Å²) in [6.45, 7) is 4.31. The number of nitrogens with zero attached hydrogens (tertiary/aromatic N) is 2. The highest BCUT2D eigenvalue weighted by molar-refractivity contribution is 5.78. The summed E-state index contributed by atoms with van der Waals surface area (Å²) >= 11 is 0. The van der Waals surface area contributed by atoms with Gasteiger partial charge in [-0.25, -0.2) is 4.39 Å². The van der Waals surface area contributed by atoms with Crippen molar-refractivity contribution in [1.82, 2.24) is 15.1 Å². The Balaban J connectivity index is 1.39. The molecule has 1 saturated heterocycles. The Kier molecular flexibility index (Phi) is 5.25. The van der Waals surface area contributed by atoms with E-state index in [-0.39, 0.29) is 11.7 Å². The average Bonchev–Trinajstić information content (AvgIpc) is 3.33. The number of benzene rings is 1. The third kappa shape index (κ3) is 4.99. The van der Waals surface area contributed by atoms with Gasteiger partial charge in [-0.05, 0) is 30.5 Å². The van der Waals surface area contributed by atoms with Gasteiger partial charge in [-0.3, -0.25) is 14.6 Å². The summed E-state index contributed by atoms with van der Waals surface area (Å²) in [5.41, 5.74) is 0.734. The van der Waals surface area contributed by atoms with Gasteiger partial charge in [0.2, 0.25) is 5.91 Å². The van der Waals surface area contributed by atoms with Gasteiger partial charge < -0.3 is 10.4 Å². The third-order valence-electron chi connectivity index (χ3n) is 4.46. The summed E-state index contributed by atoms with van der Waals surface area (Å²) in [4.78, 5) is 16.1. The van der Waals surface area contributed by atoms with E-state index in [1.54, 1.807) is 12.1 Å². The van der Waals surface area contributed by atoms with Gasteiger partial charge in [0.25, 0.3) is 0 Å². The molecule has 1 aromatic carbocycles. The van der Waals surface area contributed by atoms with Crippen LogP contribution in [0.3, 0.4) is 0 Å². The zero-order valence-corrected chi connectivity index (χ0v) is 13.2. The van der Waals surface area contributed by atoms with Crippen LogP contribution >= 0.6 is 0 Å². The molecule has 0 radical (unpaired) electrons. The number of piperazine rings is 1. The van der Waals surface area contributed by atoms with E-state index in [1.807, 2.05) is 0 Å². The van der Waals surface area contributed by atoms with E-state index in [1.165, 1.54) is 12.1 Å².